The van der Waals surface area contributed by atoms with Crippen molar-refractivity contribution >= 4 is 11.9 Å². The molecule has 3 fully saturated rings. The molecule has 0 aromatic heterocycles. The van der Waals surface area contributed by atoms with E-state index in [2.05, 4.69) is 10.2 Å². The van der Waals surface area contributed by atoms with Crippen molar-refractivity contribution in [2.45, 2.75) is 76.5 Å². The summed E-state index contributed by atoms with van der Waals surface area (Å²) in [7, 11) is 0. The van der Waals surface area contributed by atoms with Crippen molar-refractivity contribution in [1.29, 1.82) is 0 Å². The van der Waals surface area contributed by atoms with Gasteiger partial charge in [0, 0.05) is 5.41 Å². The Balaban J connectivity index is 1.53. The zero-order chi connectivity index (χ0) is 16.5. The SMILES string of the molecule is CC1(C)[C@@]2(C(=O)OCC34CCC(CC3)N=N4)CC[C@]1(C)C(=O)O2. The number of hydrogen-bond donors (Lipinski definition) is 0. The van der Waals surface area contributed by atoms with Gasteiger partial charge in [-0.15, -0.1) is 0 Å². The van der Waals surface area contributed by atoms with E-state index in [0.717, 1.165) is 25.7 Å². The number of esters is 2. The van der Waals surface area contributed by atoms with E-state index >= 15 is 0 Å². The molecule has 3 heterocycles. The quantitative estimate of drug-likeness (QED) is 0.749. The number of nitrogens with zero attached hydrogens (tertiary/aromatic N) is 2. The normalized spacial score (nSPS) is 46.0. The third-order valence-corrected chi connectivity index (χ3v) is 7.20. The first-order valence-electron chi connectivity index (χ1n) is 8.58. The van der Waals surface area contributed by atoms with E-state index in [1.54, 1.807) is 0 Å². The highest BCUT2D eigenvalue weighted by Gasteiger charge is 2.76. The molecule has 4 bridgehead atoms. The molecule has 2 atom stereocenters. The van der Waals surface area contributed by atoms with E-state index in [-0.39, 0.29) is 18.1 Å². The molecule has 1 saturated heterocycles. The molecular formula is C17H24N2O4. The second kappa shape index (κ2) is 4.33. The van der Waals surface area contributed by atoms with Crippen molar-refractivity contribution in [2.24, 2.45) is 21.1 Å². The Morgan fingerprint density at radius 1 is 1.22 bits per heavy atom. The smallest absolute Gasteiger partial charge is 0.351 e. The molecule has 0 aromatic rings. The lowest BCUT2D eigenvalue weighted by atomic mass is 9.66. The Morgan fingerprint density at radius 2 is 1.91 bits per heavy atom. The molecule has 0 aromatic carbocycles. The summed E-state index contributed by atoms with van der Waals surface area (Å²) in [6.45, 7) is 6.02. The molecule has 0 N–H and O–H groups in total. The number of fused-ring (bicyclic) bond motifs is 4. The van der Waals surface area contributed by atoms with Crippen molar-refractivity contribution in [3.8, 4) is 0 Å². The van der Waals surface area contributed by atoms with Crippen molar-refractivity contribution in [3.63, 3.8) is 0 Å². The monoisotopic (exact) mass is 320 g/mol. The highest BCUT2D eigenvalue weighted by atomic mass is 16.6. The van der Waals surface area contributed by atoms with Gasteiger partial charge in [-0.05, 0) is 45.4 Å². The van der Waals surface area contributed by atoms with Crippen LogP contribution in [0.2, 0.25) is 0 Å². The molecule has 3 aliphatic heterocycles. The van der Waals surface area contributed by atoms with E-state index in [4.69, 9.17) is 9.47 Å². The minimum absolute atomic E-state index is 0.244. The predicted molar refractivity (Wildman–Crippen MR) is 80.7 cm³/mol. The highest BCUT2D eigenvalue weighted by molar-refractivity contribution is 5.93. The van der Waals surface area contributed by atoms with Gasteiger partial charge in [-0.3, -0.25) is 4.79 Å². The molecule has 2 saturated carbocycles. The maximum Gasteiger partial charge on any atom is 0.351 e. The lowest BCUT2D eigenvalue weighted by molar-refractivity contribution is -0.184. The second-order valence-electron chi connectivity index (χ2n) is 8.42. The molecule has 2 aliphatic carbocycles. The van der Waals surface area contributed by atoms with E-state index in [0.29, 0.717) is 18.9 Å². The van der Waals surface area contributed by atoms with Gasteiger partial charge in [0.05, 0.1) is 11.5 Å². The lowest BCUT2D eigenvalue weighted by Crippen LogP contribution is -2.51. The molecule has 5 rings (SSSR count). The highest BCUT2D eigenvalue weighted by Crippen LogP contribution is 2.65. The Morgan fingerprint density at radius 3 is 2.39 bits per heavy atom. The number of carbonyl (C=O) groups is 2. The van der Waals surface area contributed by atoms with Crippen LogP contribution in [0.4, 0.5) is 0 Å². The standard InChI is InChI=1S/C17H24N2O4/c1-14(2)15(3)8-9-17(14,23-12(15)20)13(21)22-10-16-6-4-11(5-7-16)18-19-16/h11H,4-10H2,1-3H3/t11?,15-,16?,17+/m1/s1. The fourth-order valence-electron chi connectivity index (χ4n) is 4.75. The fourth-order valence-corrected chi connectivity index (χ4v) is 4.75. The molecule has 5 aliphatic rings. The van der Waals surface area contributed by atoms with Gasteiger partial charge in [-0.1, -0.05) is 13.8 Å². The van der Waals surface area contributed by atoms with Crippen molar-refractivity contribution in [2.75, 3.05) is 6.61 Å². The second-order valence-corrected chi connectivity index (χ2v) is 8.42. The van der Waals surface area contributed by atoms with Crippen LogP contribution in [0.25, 0.3) is 0 Å². The third kappa shape index (κ3) is 1.69. The number of rotatable bonds is 3. The summed E-state index contributed by atoms with van der Waals surface area (Å²) in [6.07, 6.45) is 5.08. The van der Waals surface area contributed by atoms with E-state index < -0.39 is 22.4 Å². The Labute approximate surface area is 136 Å². The molecule has 0 unspecified atom stereocenters. The number of ether oxygens (including phenoxy) is 2. The van der Waals surface area contributed by atoms with Crippen LogP contribution in [0.5, 0.6) is 0 Å². The van der Waals surface area contributed by atoms with Crippen LogP contribution in [-0.2, 0) is 19.1 Å². The van der Waals surface area contributed by atoms with Crippen LogP contribution < -0.4 is 0 Å². The van der Waals surface area contributed by atoms with Crippen LogP contribution in [0.1, 0.15) is 59.3 Å². The maximum atomic E-state index is 12.9. The van der Waals surface area contributed by atoms with E-state index in [1.165, 1.54) is 0 Å². The third-order valence-electron chi connectivity index (χ3n) is 7.20. The molecule has 6 nitrogen and oxygen atoms in total. The largest absolute Gasteiger partial charge is 0.460 e. The van der Waals surface area contributed by atoms with Crippen LogP contribution in [0, 0.1) is 10.8 Å². The van der Waals surface area contributed by atoms with Gasteiger partial charge in [0.1, 0.15) is 12.1 Å². The molecule has 6 heteroatoms. The van der Waals surface area contributed by atoms with Crippen molar-refractivity contribution in [1.82, 2.24) is 0 Å². The molecule has 126 valence electrons. The zero-order valence-electron chi connectivity index (χ0n) is 14.1. The fraction of sp³-hybridized carbons (Fsp3) is 0.882. The first-order valence-corrected chi connectivity index (χ1v) is 8.58. The maximum absolute atomic E-state index is 12.9. The summed E-state index contributed by atoms with van der Waals surface area (Å²) in [5, 5.41) is 8.68. The number of azo groups is 1. The van der Waals surface area contributed by atoms with E-state index in [9.17, 15) is 9.59 Å². The topological polar surface area (TPSA) is 77.3 Å². The van der Waals surface area contributed by atoms with Gasteiger partial charge in [-0.25, -0.2) is 4.79 Å². The summed E-state index contributed by atoms with van der Waals surface area (Å²) >= 11 is 0. The van der Waals surface area contributed by atoms with Gasteiger partial charge < -0.3 is 9.47 Å². The van der Waals surface area contributed by atoms with Crippen LogP contribution in [0.15, 0.2) is 10.2 Å². The van der Waals surface area contributed by atoms with Gasteiger partial charge in [0.25, 0.3) is 0 Å². The average molecular weight is 320 g/mol. The van der Waals surface area contributed by atoms with Gasteiger partial charge in [0.2, 0.25) is 5.60 Å². The number of carbonyl (C=O) groups excluding carboxylic acids is 2. The Kier molecular flexibility index (Phi) is 2.84. The molecule has 0 spiro atoms. The molecular weight excluding hydrogens is 296 g/mol. The summed E-state index contributed by atoms with van der Waals surface area (Å²) in [5.74, 6) is -0.684. The van der Waals surface area contributed by atoms with Crippen LogP contribution >= 0.6 is 0 Å². The Hall–Kier alpha value is -1.46. The predicted octanol–water partition coefficient (Wildman–Crippen LogP) is 2.80. The van der Waals surface area contributed by atoms with E-state index in [1.807, 2.05) is 20.8 Å². The summed E-state index contributed by atoms with van der Waals surface area (Å²) in [6, 6.07) is 0.358. The Bertz CT molecular complexity index is 606. The first kappa shape index (κ1) is 15.1. The van der Waals surface area contributed by atoms with Crippen LogP contribution in [-0.4, -0.2) is 35.7 Å². The average Bonchev–Trinajstić information content (AvgIpc) is 2.85. The van der Waals surface area contributed by atoms with Crippen LogP contribution in [0.3, 0.4) is 0 Å². The minimum atomic E-state index is -1.14. The van der Waals surface area contributed by atoms with Crippen molar-refractivity contribution < 1.29 is 19.1 Å². The summed E-state index contributed by atoms with van der Waals surface area (Å²) in [5.41, 5.74) is -2.65. The molecule has 0 amide bonds. The molecule has 23 heavy (non-hydrogen) atoms. The van der Waals surface area contributed by atoms with Gasteiger partial charge in [0.15, 0.2) is 0 Å². The number of hydrogen-bond acceptors (Lipinski definition) is 6. The van der Waals surface area contributed by atoms with Gasteiger partial charge >= 0.3 is 11.9 Å². The zero-order valence-corrected chi connectivity index (χ0v) is 14.1. The van der Waals surface area contributed by atoms with Gasteiger partial charge in [-0.2, -0.15) is 10.2 Å². The van der Waals surface area contributed by atoms with Crippen molar-refractivity contribution in [3.05, 3.63) is 0 Å². The first-order chi connectivity index (χ1) is 10.7. The summed E-state index contributed by atoms with van der Waals surface area (Å²) < 4.78 is 11.2. The summed E-state index contributed by atoms with van der Waals surface area (Å²) in [4.78, 5) is 25.1. The lowest BCUT2D eigenvalue weighted by Gasteiger charge is -2.40. The molecule has 0 radical (unpaired) electrons. The minimum Gasteiger partial charge on any atom is -0.460 e.